The first-order valence-electron chi connectivity index (χ1n) is 7.27. The van der Waals surface area contributed by atoms with Crippen LogP contribution >= 0.6 is 0 Å². The molecule has 112 valence electrons. The molecular formula is C14H27NO4. The number of likely N-dealkylation sites (tertiary alicyclic amines) is 1. The summed E-state index contributed by atoms with van der Waals surface area (Å²) in [6.07, 6.45) is 4.15. The molecule has 0 spiro atoms. The van der Waals surface area contributed by atoms with Crippen molar-refractivity contribution in [2.24, 2.45) is 0 Å². The van der Waals surface area contributed by atoms with Gasteiger partial charge in [-0.3, -0.25) is 9.69 Å². The van der Waals surface area contributed by atoms with Gasteiger partial charge < -0.3 is 14.2 Å². The summed E-state index contributed by atoms with van der Waals surface area (Å²) in [5.74, 6) is -0.0671. The number of nitrogens with zero attached hydrogens (tertiary/aromatic N) is 1. The van der Waals surface area contributed by atoms with E-state index < -0.39 is 0 Å². The minimum absolute atomic E-state index is 0.0484. The van der Waals surface area contributed by atoms with E-state index in [4.69, 9.17) is 14.2 Å². The number of carbonyl (C=O) groups excluding carboxylic acids is 1. The van der Waals surface area contributed by atoms with Gasteiger partial charge in [-0.15, -0.1) is 0 Å². The van der Waals surface area contributed by atoms with Crippen molar-refractivity contribution in [3.05, 3.63) is 0 Å². The van der Waals surface area contributed by atoms with Crippen molar-refractivity contribution in [3.8, 4) is 0 Å². The van der Waals surface area contributed by atoms with Crippen LogP contribution in [-0.4, -0.2) is 63.5 Å². The molecule has 1 saturated heterocycles. The minimum atomic E-state index is -0.0671. The molecule has 1 aliphatic heterocycles. The highest BCUT2D eigenvalue weighted by atomic mass is 16.5. The summed E-state index contributed by atoms with van der Waals surface area (Å²) in [5.41, 5.74) is 0. The van der Waals surface area contributed by atoms with Gasteiger partial charge in [0.15, 0.2) is 0 Å². The van der Waals surface area contributed by atoms with Gasteiger partial charge in [0.25, 0.3) is 0 Å². The largest absolute Gasteiger partial charge is 0.465 e. The Morgan fingerprint density at radius 1 is 1.26 bits per heavy atom. The zero-order valence-electron chi connectivity index (χ0n) is 12.2. The van der Waals surface area contributed by atoms with Crippen LogP contribution in [0.5, 0.6) is 0 Å². The molecule has 0 bridgehead atoms. The van der Waals surface area contributed by atoms with Crippen LogP contribution in [0.25, 0.3) is 0 Å². The van der Waals surface area contributed by atoms with Gasteiger partial charge in [-0.2, -0.15) is 0 Å². The lowest BCUT2D eigenvalue weighted by molar-refractivity contribution is -0.151. The molecule has 5 nitrogen and oxygen atoms in total. The Morgan fingerprint density at radius 3 is 2.84 bits per heavy atom. The average molecular weight is 273 g/mol. The van der Waals surface area contributed by atoms with E-state index >= 15 is 0 Å². The zero-order valence-corrected chi connectivity index (χ0v) is 12.2. The molecule has 0 saturated carbocycles. The van der Waals surface area contributed by atoms with Gasteiger partial charge in [0, 0.05) is 20.3 Å². The number of rotatable bonds is 9. The Morgan fingerprint density at radius 2 is 2.11 bits per heavy atom. The fourth-order valence-electron chi connectivity index (χ4n) is 2.38. The minimum Gasteiger partial charge on any atom is -0.465 e. The Balaban J connectivity index is 2.22. The van der Waals surface area contributed by atoms with Crippen molar-refractivity contribution in [1.82, 2.24) is 4.90 Å². The van der Waals surface area contributed by atoms with E-state index in [1.807, 2.05) is 6.92 Å². The number of hydrogen-bond acceptors (Lipinski definition) is 5. The molecule has 1 unspecified atom stereocenters. The second-order valence-electron chi connectivity index (χ2n) is 4.76. The number of hydrogen-bond donors (Lipinski definition) is 0. The van der Waals surface area contributed by atoms with Gasteiger partial charge in [-0.05, 0) is 32.7 Å². The lowest BCUT2D eigenvalue weighted by atomic mass is 10.0. The van der Waals surface area contributed by atoms with Crippen LogP contribution in [0.1, 0.15) is 32.6 Å². The van der Waals surface area contributed by atoms with Gasteiger partial charge >= 0.3 is 5.97 Å². The van der Waals surface area contributed by atoms with Crippen LogP contribution in [0.2, 0.25) is 0 Å². The highest BCUT2D eigenvalue weighted by Gasteiger charge is 2.29. The van der Waals surface area contributed by atoms with Gasteiger partial charge in [0.1, 0.15) is 6.04 Å². The summed E-state index contributed by atoms with van der Waals surface area (Å²) < 4.78 is 15.5. The van der Waals surface area contributed by atoms with Gasteiger partial charge in [0.2, 0.25) is 0 Å². The van der Waals surface area contributed by atoms with Crippen LogP contribution in [0.15, 0.2) is 0 Å². The fraction of sp³-hybridized carbons (Fsp3) is 0.929. The topological polar surface area (TPSA) is 48.0 Å². The molecule has 0 aromatic carbocycles. The molecule has 0 aromatic rings. The molecule has 5 heteroatoms. The van der Waals surface area contributed by atoms with Crippen LogP contribution in [0.3, 0.4) is 0 Å². The summed E-state index contributed by atoms with van der Waals surface area (Å²) in [7, 11) is 1.67. The van der Waals surface area contributed by atoms with E-state index in [9.17, 15) is 4.79 Å². The van der Waals surface area contributed by atoms with Crippen LogP contribution in [0.4, 0.5) is 0 Å². The Bertz CT molecular complexity index is 248. The standard InChI is InChI=1S/C14H27NO4/c1-3-19-14(16)13-7-4-5-8-15(13)9-6-10-18-12-11-17-2/h13H,3-12H2,1-2H3. The molecule has 0 aliphatic carbocycles. The molecular weight excluding hydrogens is 246 g/mol. The molecule has 1 fully saturated rings. The third-order valence-corrected chi connectivity index (χ3v) is 3.34. The maximum Gasteiger partial charge on any atom is 0.323 e. The first-order valence-corrected chi connectivity index (χ1v) is 7.27. The second kappa shape index (κ2) is 10.2. The lowest BCUT2D eigenvalue weighted by Crippen LogP contribution is -2.46. The second-order valence-corrected chi connectivity index (χ2v) is 4.76. The lowest BCUT2D eigenvalue weighted by Gasteiger charge is -2.33. The van der Waals surface area contributed by atoms with Crippen molar-refractivity contribution in [2.75, 3.05) is 46.6 Å². The highest BCUT2D eigenvalue weighted by molar-refractivity contribution is 5.75. The van der Waals surface area contributed by atoms with Gasteiger partial charge in [0.05, 0.1) is 19.8 Å². The predicted octanol–water partition coefficient (Wildman–Crippen LogP) is 1.46. The molecule has 0 radical (unpaired) electrons. The van der Waals surface area contributed by atoms with Crippen LogP contribution in [-0.2, 0) is 19.0 Å². The highest BCUT2D eigenvalue weighted by Crippen LogP contribution is 2.18. The summed E-state index contributed by atoms with van der Waals surface area (Å²) in [5, 5.41) is 0. The van der Waals surface area contributed by atoms with E-state index in [1.54, 1.807) is 7.11 Å². The molecule has 0 aromatic heterocycles. The Kier molecular flexibility index (Phi) is 8.79. The molecule has 1 heterocycles. The SMILES string of the molecule is CCOC(=O)C1CCCCN1CCCOCCOC. The number of ether oxygens (including phenoxy) is 3. The van der Waals surface area contributed by atoms with Crippen molar-refractivity contribution in [1.29, 1.82) is 0 Å². The summed E-state index contributed by atoms with van der Waals surface area (Å²) in [6, 6.07) is -0.0484. The summed E-state index contributed by atoms with van der Waals surface area (Å²) >= 11 is 0. The number of piperidine rings is 1. The normalized spacial score (nSPS) is 20.4. The maximum absolute atomic E-state index is 11.9. The third-order valence-electron chi connectivity index (χ3n) is 3.34. The summed E-state index contributed by atoms with van der Waals surface area (Å²) in [6.45, 7) is 6.19. The van der Waals surface area contributed by atoms with Crippen molar-refractivity contribution in [2.45, 2.75) is 38.6 Å². The Hall–Kier alpha value is -0.650. The van der Waals surface area contributed by atoms with Gasteiger partial charge in [-0.1, -0.05) is 6.42 Å². The van der Waals surface area contributed by atoms with Crippen molar-refractivity contribution >= 4 is 5.97 Å². The molecule has 0 N–H and O–H groups in total. The first-order chi connectivity index (χ1) is 9.29. The third kappa shape index (κ3) is 6.36. The Labute approximate surface area is 116 Å². The van der Waals surface area contributed by atoms with Crippen molar-refractivity contribution in [3.63, 3.8) is 0 Å². The van der Waals surface area contributed by atoms with E-state index in [1.165, 1.54) is 6.42 Å². The zero-order chi connectivity index (χ0) is 13.9. The van der Waals surface area contributed by atoms with Gasteiger partial charge in [-0.25, -0.2) is 0 Å². The van der Waals surface area contributed by atoms with Crippen LogP contribution < -0.4 is 0 Å². The number of methoxy groups -OCH3 is 1. The van der Waals surface area contributed by atoms with E-state index in [0.29, 0.717) is 19.8 Å². The smallest absolute Gasteiger partial charge is 0.323 e. The predicted molar refractivity (Wildman–Crippen MR) is 73.2 cm³/mol. The van der Waals surface area contributed by atoms with Crippen molar-refractivity contribution < 1.29 is 19.0 Å². The quantitative estimate of drug-likeness (QED) is 0.470. The first kappa shape index (κ1) is 16.4. The van der Waals surface area contributed by atoms with E-state index in [-0.39, 0.29) is 12.0 Å². The summed E-state index contributed by atoms with van der Waals surface area (Å²) in [4.78, 5) is 14.1. The molecule has 1 atom stereocenters. The molecule has 19 heavy (non-hydrogen) atoms. The van der Waals surface area contributed by atoms with E-state index in [2.05, 4.69) is 4.90 Å². The number of carbonyl (C=O) groups is 1. The molecule has 0 amide bonds. The monoisotopic (exact) mass is 273 g/mol. The number of esters is 1. The molecule has 1 aliphatic rings. The average Bonchev–Trinajstić information content (AvgIpc) is 2.43. The van der Waals surface area contributed by atoms with Crippen LogP contribution in [0, 0.1) is 0 Å². The fourth-order valence-corrected chi connectivity index (χ4v) is 2.38. The van der Waals surface area contributed by atoms with E-state index in [0.717, 1.165) is 39.0 Å². The molecule has 1 rings (SSSR count). The maximum atomic E-state index is 11.9.